The first-order valence-electron chi connectivity index (χ1n) is 8.76. The van der Waals surface area contributed by atoms with Gasteiger partial charge in [-0.1, -0.05) is 19.8 Å². The van der Waals surface area contributed by atoms with Gasteiger partial charge < -0.3 is 15.3 Å². The monoisotopic (exact) mass is 280 g/mol. The summed E-state index contributed by atoms with van der Waals surface area (Å²) in [6.07, 6.45) is 9.60. The van der Waals surface area contributed by atoms with Crippen molar-refractivity contribution in [3.05, 3.63) is 0 Å². The number of aliphatic hydroxyl groups is 1. The van der Waals surface area contributed by atoms with E-state index in [1.165, 1.54) is 64.6 Å². The van der Waals surface area contributed by atoms with E-state index in [2.05, 4.69) is 17.1 Å². The predicted octanol–water partition coefficient (Wildman–Crippen LogP) is 2.25. The van der Waals surface area contributed by atoms with Gasteiger partial charge in [0.15, 0.2) is 0 Å². The number of nitrogens with one attached hydrogen (secondary N) is 1. The van der Waals surface area contributed by atoms with E-state index in [0.717, 1.165) is 18.5 Å². The van der Waals surface area contributed by atoms with Crippen LogP contribution >= 0.6 is 0 Å². The van der Waals surface area contributed by atoms with Crippen molar-refractivity contribution in [1.29, 1.82) is 0 Å². The molecule has 3 fully saturated rings. The maximum absolute atomic E-state index is 9.34. The second-order valence-corrected chi connectivity index (χ2v) is 7.93. The summed E-state index contributed by atoms with van der Waals surface area (Å²) in [5.41, 5.74) is 0.505. The molecule has 2 N–H and O–H groups in total. The minimum Gasteiger partial charge on any atom is -0.396 e. The quantitative estimate of drug-likeness (QED) is 0.783. The van der Waals surface area contributed by atoms with Crippen molar-refractivity contribution in [1.82, 2.24) is 10.2 Å². The zero-order valence-electron chi connectivity index (χ0n) is 13.1. The second-order valence-electron chi connectivity index (χ2n) is 7.93. The lowest BCUT2D eigenvalue weighted by Crippen LogP contribution is -2.46. The molecule has 2 aliphatic carbocycles. The number of aliphatic hydroxyl groups excluding tert-OH is 1. The Hall–Kier alpha value is -0.120. The highest BCUT2D eigenvalue weighted by molar-refractivity contribution is 4.94. The van der Waals surface area contributed by atoms with Crippen molar-refractivity contribution in [2.75, 3.05) is 32.8 Å². The standard InChI is InChI=1S/C17H32N2O/c1-14-3-2-7-17(9-14,12-18-16-4-5-16)13-19-8-6-15(10-19)11-20/h14-16,18,20H,2-13H2,1H3. The molecule has 1 heterocycles. The van der Waals surface area contributed by atoms with Crippen LogP contribution in [0.4, 0.5) is 0 Å². The lowest BCUT2D eigenvalue weighted by Gasteiger charge is -2.43. The molecule has 0 aromatic carbocycles. The number of hydrogen-bond acceptors (Lipinski definition) is 3. The maximum atomic E-state index is 9.34. The van der Waals surface area contributed by atoms with Gasteiger partial charge in [-0.2, -0.15) is 0 Å². The fraction of sp³-hybridized carbons (Fsp3) is 1.00. The van der Waals surface area contributed by atoms with Gasteiger partial charge in [0, 0.05) is 32.3 Å². The highest BCUT2D eigenvalue weighted by Crippen LogP contribution is 2.41. The molecule has 0 radical (unpaired) electrons. The Labute approximate surface area is 124 Å². The molecule has 3 aliphatic rings. The molecule has 1 saturated heterocycles. The molecule has 116 valence electrons. The van der Waals surface area contributed by atoms with Crippen LogP contribution in [0.25, 0.3) is 0 Å². The van der Waals surface area contributed by atoms with Crippen LogP contribution in [0.3, 0.4) is 0 Å². The van der Waals surface area contributed by atoms with Gasteiger partial charge in [0.1, 0.15) is 0 Å². The van der Waals surface area contributed by atoms with Crippen LogP contribution in [0.5, 0.6) is 0 Å². The van der Waals surface area contributed by atoms with Crippen molar-refractivity contribution in [2.45, 2.75) is 57.9 Å². The minimum absolute atomic E-state index is 0.375. The molecule has 3 rings (SSSR count). The lowest BCUT2D eigenvalue weighted by atomic mass is 9.69. The smallest absolute Gasteiger partial charge is 0.0471 e. The summed E-state index contributed by atoms with van der Waals surface area (Å²) < 4.78 is 0. The van der Waals surface area contributed by atoms with Crippen molar-refractivity contribution >= 4 is 0 Å². The molecule has 0 aromatic rings. The molecular formula is C17H32N2O. The third kappa shape index (κ3) is 3.75. The van der Waals surface area contributed by atoms with Crippen LogP contribution in [0.1, 0.15) is 51.9 Å². The lowest BCUT2D eigenvalue weighted by molar-refractivity contribution is 0.0870. The van der Waals surface area contributed by atoms with Crippen molar-refractivity contribution in [3.8, 4) is 0 Å². The Morgan fingerprint density at radius 1 is 1.25 bits per heavy atom. The minimum atomic E-state index is 0.375. The highest BCUT2D eigenvalue weighted by atomic mass is 16.3. The third-order valence-corrected chi connectivity index (χ3v) is 5.72. The van der Waals surface area contributed by atoms with Crippen LogP contribution in [0, 0.1) is 17.3 Å². The first kappa shape index (κ1) is 14.8. The van der Waals surface area contributed by atoms with Gasteiger partial charge in [-0.05, 0) is 55.9 Å². The highest BCUT2D eigenvalue weighted by Gasteiger charge is 2.39. The van der Waals surface area contributed by atoms with E-state index in [1.54, 1.807) is 0 Å². The van der Waals surface area contributed by atoms with Crippen molar-refractivity contribution in [3.63, 3.8) is 0 Å². The van der Waals surface area contributed by atoms with E-state index >= 15 is 0 Å². The summed E-state index contributed by atoms with van der Waals surface area (Å²) in [5, 5.41) is 13.2. The fourth-order valence-electron chi connectivity index (χ4n) is 4.46. The topological polar surface area (TPSA) is 35.5 Å². The van der Waals surface area contributed by atoms with Gasteiger partial charge in [-0.15, -0.1) is 0 Å². The maximum Gasteiger partial charge on any atom is 0.0471 e. The summed E-state index contributed by atoms with van der Waals surface area (Å²) >= 11 is 0. The van der Waals surface area contributed by atoms with Gasteiger partial charge in [-0.25, -0.2) is 0 Å². The zero-order chi connectivity index (χ0) is 14.0. The van der Waals surface area contributed by atoms with Crippen molar-refractivity contribution < 1.29 is 5.11 Å². The van der Waals surface area contributed by atoms with Gasteiger partial charge in [0.2, 0.25) is 0 Å². The van der Waals surface area contributed by atoms with Crippen LogP contribution in [0.2, 0.25) is 0 Å². The molecule has 3 nitrogen and oxygen atoms in total. The van der Waals surface area contributed by atoms with Gasteiger partial charge in [-0.3, -0.25) is 0 Å². The molecule has 20 heavy (non-hydrogen) atoms. The number of rotatable bonds is 6. The predicted molar refractivity (Wildman–Crippen MR) is 82.7 cm³/mol. The van der Waals surface area contributed by atoms with Crippen LogP contribution < -0.4 is 5.32 Å². The van der Waals surface area contributed by atoms with Crippen molar-refractivity contribution in [2.24, 2.45) is 17.3 Å². The second kappa shape index (κ2) is 6.33. The summed E-state index contributed by atoms with van der Waals surface area (Å²) in [7, 11) is 0. The zero-order valence-corrected chi connectivity index (χ0v) is 13.1. The fourth-order valence-corrected chi connectivity index (χ4v) is 4.46. The summed E-state index contributed by atoms with van der Waals surface area (Å²) in [6, 6.07) is 0.827. The Morgan fingerprint density at radius 3 is 2.75 bits per heavy atom. The Kier molecular flexibility index (Phi) is 4.68. The molecule has 2 saturated carbocycles. The molecule has 3 unspecified atom stereocenters. The SMILES string of the molecule is CC1CCCC(CNC2CC2)(CN2CCC(CO)C2)C1. The average molecular weight is 280 g/mol. The van der Waals surface area contributed by atoms with Gasteiger partial charge in [0.05, 0.1) is 0 Å². The normalized spacial score (nSPS) is 39.3. The Bertz CT molecular complexity index is 318. The summed E-state index contributed by atoms with van der Waals surface area (Å²) in [5.74, 6) is 1.42. The first-order chi connectivity index (χ1) is 9.69. The molecule has 0 amide bonds. The van der Waals surface area contributed by atoms with Gasteiger partial charge >= 0.3 is 0 Å². The first-order valence-corrected chi connectivity index (χ1v) is 8.76. The molecule has 3 atom stereocenters. The molecular weight excluding hydrogens is 248 g/mol. The van der Waals surface area contributed by atoms with E-state index in [0.29, 0.717) is 17.9 Å². The molecule has 3 heteroatoms. The molecule has 0 spiro atoms. The summed E-state index contributed by atoms with van der Waals surface area (Å²) in [6.45, 7) is 7.61. The van der Waals surface area contributed by atoms with Crippen LogP contribution in [0.15, 0.2) is 0 Å². The van der Waals surface area contributed by atoms with Crippen LogP contribution in [-0.4, -0.2) is 48.8 Å². The average Bonchev–Trinajstić information content (AvgIpc) is 3.16. The van der Waals surface area contributed by atoms with E-state index in [9.17, 15) is 5.11 Å². The summed E-state index contributed by atoms with van der Waals surface area (Å²) in [4.78, 5) is 2.63. The van der Waals surface area contributed by atoms with Crippen LogP contribution in [-0.2, 0) is 0 Å². The number of likely N-dealkylation sites (tertiary alicyclic amines) is 1. The molecule has 1 aliphatic heterocycles. The Morgan fingerprint density at radius 2 is 2.10 bits per heavy atom. The van der Waals surface area contributed by atoms with E-state index in [1.807, 2.05) is 0 Å². The van der Waals surface area contributed by atoms with E-state index in [4.69, 9.17) is 0 Å². The van der Waals surface area contributed by atoms with Gasteiger partial charge in [0.25, 0.3) is 0 Å². The van der Waals surface area contributed by atoms with E-state index in [-0.39, 0.29) is 0 Å². The number of hydrogen-bond donors (Lipinski definition) is 2. The molecule has 0 bridgehead atoms. The van der Waals surface area contributed by atoms with E-state index < -0.39 is 0 Å². The Balaban J connectivity index is 1.58. The largest absolute Gasteiger partial charge is 0.396 e. The third-order valence-electron chi connectivity index (χ3n) is 5.72. The number of nitrogens with zero attached hydrogens (tertiary/aromatic N) is 1. The molecule has 0 aromatic heterocycles.